The number of nitrogens with zero attached hydrogens (tertiary/aromatic N) is 1. The number of likely N-dealkylation sites (N-methyl/N-ethyl adjacent to an activating group) is 1. The van der Waals surface area contributed by atoms with Gasteiger partial charge < -0.3 is 15.0 Å². The minimum Gasteiger partial charge on any atom is -0.356 e. The molecule has 42 heavy (non-hydrogen) atoms. The van der Waals surface area contributed by atoms with Crippen LogP contribution in [0, 0.1) is 0 Å². The molecule has 1 amide bonds. The van der Waals surface area contributed by atoms with Crippen molar-refractivity contribution in [3.8, 4) is 0 Å². The number of carbonyl (C=O) groups is 2. The number of unbranched alkanes of at least 4 members (excludes halogenated alkanes) is 23. The lowest BCUT2D eigenvalue weighted by Crippen LogP contribution is -2.28. The molecular weight excluding hydrogens is 520 g/mol. The molecule has 0 spiro atoms. The number of nitrogens with one attached hydrogen (secondary N) is 1. The van der Waals surface area contributed by atoms with Crippen LogP contribution in [0.4, 0.5) is 0 Å². The topological polar surface area (TPSA) is 61.5 Å². The summed E-state index contributed by atoms with van der Waals surface area (Å²) in [5.74, 6) is 0.0960. The Bertz CT molecular complexity index is 569. The molecule has 0 heterocycles. The summed E-state index contributed by atoms with van der Waals surface area (Å²) in [7, 11) is 2.03. The minimum atomic E-state index is -0.0674. The summed E-state index contributed by atoms with van der Waals surface area (Å²) in [6, 6.07) is 0. The van der Waals surface area contributed by atoms with Crippen LogP contribution in [0.5, 0.6) is 0 Å². The van der Waals surface area contributed by atoms with Gasteiger partial charge >= 0.3 is 5.97 Å². The summed E-state index contributed by atoms with van der Waals surface area (Å²) < 4.78 is 5.41. The van der Waals surface area contributed by atoms with Gasteiger partial charge in [-0.15, -0.1) is 0 Å². The maximum atomic E-state index is 12.1. The van der Waals surface area contributed by atoms with Gasteiger partial charge in [-0.05, 0) is 32.9 Å². The summed E-state index contributed by atoms with van der Waals surface area (Å²) in [6.07, 6.45) is 35.1. The van der Waals surface area contributed by atoms with E-state index in [4.69, 9.17) is 4.74 Å². The van der Waals surface area contributed by atoms with Gasteiger partial charge in [0.15, 0.2) is 6.61 Å². The highest BCUT2D eigenvalue weighted by molar-refractivity contribution is 5.75. The van der Waals surface area contributed by atoms with Crippen molar-refractivity contribution >= 4 is 11.9 Å². The normalized spacial score (nSPS) is 11.3. The summed E-state index contributed by atoms with van der Waals surface area (Å²) in [5.41, 5.74) is 0. The van der Waals surface area contributed by atoms with Crippen LogP contribution >= 0.6 is 0 Å². The lowest BCUT2D eigenvalue weighted by molar-refractivity contribution is -0.144. The van der Waals surface area contributed by atoms with Crippen LogP contribution < -0.4 is 5.32 Å². The molecule has 0 aliphatic carbocycles. The maximum Gasteiger partial charge on any atom is 0.574 e. The predicted octanol–water partition coefficient (Wildman–Crippen LogP) is 10.5. The fraction of sp³-hybridized carbons (Fsp3) is 0.946. The van der Waals surface area contributed by atoms with Gasteiger partial charge in [0, 0.05) is 17.8 Å². The number of esters is 1. The first kappa shape index (κ1) is 40.9. The van der Waals surface area contributed by atoms with Crippen molar-refractivity contribution in [2.45, 2.75) is 194 Å². The molecule has 1 radical (unpaired) electrons. The molecule has 0 saturated heterocycles. The zero-order valence-electron chi connectivity index (χ0n) is 28.8. The van der Waals surface area contributed by atoms with Gasteiger partial charge in [-0.3, -0.25) is 4.79 Å². The summed E-state index contributed by atoms with van der Waals surface area (Å²) in [4.78, 5) is 26.2. The van der Waals surface area contributed by atoms with Crippen LogP contribution in [-0.4, -0.2) is 50.1 Å². The van der Waals surface area contributed by atoms with E-state index < -0.39 is 0 Å². The number of rotatable bonds is 34. The van der Waals surface area contributed by atoms with Gasteiger partial charge in [-0.1, -0.05) is 162 Å². The molecule has 0 unspecified atom stereocenters. The Hall–Kier alpha value is -1.10. The monoisotopic (exact) mass is 595 g/mol. The molecule has 0 rings (SSSR count). The zero-order chi connectivity index (χ0) is 30.8. The SMILES string of the molecule is CCCCCCCCCCCCCCCCNC(=O)CCCN(C)CCOC(=[O+])CCCCCCCCCCCCC. The van der Waals surface area contributed by atoms with E-state index in [1.54, 1.807) is 0 Å². The van der Waals surface area contributed by atoms with Crippen molar-refractivity contribution in [2.75, 3.05) is 33.3 Å². The Morgan fingerprint density at radius 3 is 1.40 bits per heavy atom. The smallest absolute Gasteiger partial charge is 0.356 e. The lowest BCUT2D eigenvalue weighted by Gasteiger charge is -2.14. The summed E-state index contributed by atoms with van der Waals surface area (Å²) in [5, 5.41) is 3.08. The second-order valence-electron chi connectivity index (χ2n) is 12.9. The second kappa shape index (κ2) is 34.4. The molecule has 0 aliphatic rings. The van der Waals surface area contributed by atoms with E-state index in [2.05, 4.69) is 24.1 Å². The Balaban J connectivity index is 3.37. The standard InChI is InChI=1S/C37H74N2O3/c1-4-6-8-10-12-14-16-17-18-20-22-24-26-28-32-38-36(40)30-29-33-39(3)34-35-42-37(41)31-27-25-23-21-19-15-13-11-9-7-5-2/h4-35H2,1-3H3,(H,38,40)/q+1. The van der Waals surface area contributed by atoms with Crippen LogP contribution in [0.25, 0.3) is 0 Å². The number of carbonyl (C=O) groups excluding carboxylic acids is 2. The third kappa shape index (κ3) is 33.4. The molecule has 0 atom stereocenters. The van der Waals surface area contributed by atoms with E-state index in [0.29, 0.717) is 19.4 Å². The van der Waals surface area contributed by atoms with Crippen LogP contribution in [0.3, 0.4) is 0 Å². The zero-order valence-corrected chi connectivity index (χ0v) is 28.8. The van der Waals surface area contributed by atoms with Gasteiger partial charge in [0.05, 0.1) is 6.54 Å². The van der Waals surface area contributed by atoms with Gasteiger partial charge in [-0.25, -0.2) is 0 Å². The van der Waals surface area contributed by atoms with E-state index in [0.717, 1.165) is 45.3 Å². The number of hydrogen-bond donors (Lipinski definition) is 1. The molecule has 0 saturated carbocycles. The average molecular weight is 595 g/mol. The van der Waals surface area contributed by atoms with Gasteiger partial charge in [0.2, 0.25) is 5.91 Å². The highest BCUT2D eigenvalue weighted by Gasteiger charge is 2.16. The largest absolute Gasteiger partial charge is 0.574 e. The Kier molecular flexibility index (Phi) is 33.5. The van der Waals surface area contributed by atoms with Crippen molar-refractivity contribution in [1.29, 1.82) is 0 Å². The van der Waals surface area contributed by atoms with Gasteiger partial charge in [0.1, 0.15) is 6.42 Å². The Morgan fingerprint density at radius 1 is 0.548 bits per heavy atom. The van der Waals surface area contributed by atoms with E-state index in [1.807, 2.05) is 7.05 Å². The van der Waals surface area contributed by atoms with Gasteiger partial charge in [-0.2, -0.15) is 0 Å². The molecule has 1 N–H and O–H groups in total. The molecule has 0 aromatic rings. The molecule has 0 bridgehead atoms. The molecular formula is C37H74N2O3+. The average Bonchev–Trinajstić information content (AvgIpc) is 2.98. The maximum absolute atomic E-state index is 12.1. The third-order valence-electron chi connectivity index (χ3n) is 8.52. The quantitative estimate of drug-likeness (QED) is 0.0457. The van der Waals surface area contributed by atoms with Crippen molar-refractivity contribution in [2.24, 2.45) is 0 Å². The lowest BCUT2D eigenvalue weighted by atomic mass is 10.0. The van der Waals surface area contributed by atoms with Crippen molar-refractivity contribution in [3.05, 3.63) is 0 Å². The van der Waals surface area contributed by atoms with E-state index >= 15 is 0 Å². The molecule has 5 heteroatoms. The number of amides is 1. The van der Waals surface area contributed by atoms with Crippen LogP contribution in [0.1, 0.15) is 194 Å². The van der Waals surface area contributed by atoms with E-state index in [1.165, 1.54) is 141 Å². The number of hydrogen-bond acceptors (Lipinski definition) is 4. The highest BCUT2D eigenvalue weighted by atomic mass is 16.5. The molecule has 0 aliphatic heterocycles. The number of ether oxygens (including phenoxy) is 1. The first-order valence-corrected chi connectivity index (χ1v) is 18.7. The molecule has 5 nitrogen and oxygen atoms in total. The Labute approximate surface area is 263 Å². The van der Waals surface area contributed by atoms with Gasteiger partial charge in [0.25, 0.3) is 0 Å². The molecule has 249 valence electrons. The molecule has 0 aromatic carbocycles. The summed E-state index contributed by atoms with van der Waals surface area (Å²) in [6.45, 7) is 7.37. The Morgan fingerprint density at radius 2 is 0.952 bits per heavy atom. The second-order valence-corrected chi connectivity index (χ2v) is 12.9. The van der Waals surface area contributed by atoms with Crippen LogP contribution in [0.15, 0.2) is 0 Å². The van der Waals surface area contributed by atoms with E-state index in [9.17, 15) is 9.59 Å². The third-order valence-corrected chi connectivity index (χ3v) is 8.52. The van der Waals surface area contributed by atoms with Crippen LogP contribution in [-0.2, 0) is 14.3 Å². The minimum absolute atomic E-state index is 0.0674. The first-order chi connectivity index (χ1) is 20.6. The van der Waals surface area contributed by atoms with Crippen molar-refractivity contribution in [1.82, 2.24) is 10.2 Å². The fourth-order valence-electron chi connectivity index (χ4n) is 5.58. The first-order valence-electron chi connectivity index (χ1n) is 18.7. The van der Waals surface area contributed by atoms with E-state index in [-0.39, 0.29) is 11.9 Å². The molecule has 0 aromatic heterocycles. The summed E-state index contributed by atoms with van der Waals surface area (Å²) >= 11 is 0. The van der Waals surface area contributed by atoms with Crippen LogP contribution in [0.2, 0.25) is 0 Å². The van der Waals surface area contributed by atoms with Crippen molar-refractivity contribution < 1.29 is 14.3 Å². The van der Waals surface area contributed by atoms with Crippen molar-refractivity contribution in [3.63, 3.8) is 0 Å². The predicted molar refractivity (Wildman–Crippen MR) is 182 cm³/mol. The highest BCUT2D eigenvalue weighted by Crippen LogP contribution is 2.14. The molecule has 0 fully saturated rings. The fourth-order valence-corrected chi connectivity index (χ4v) is 5.58.